The van der Waals surface area contributed by atoms with E-state index in [2.05, 4.69) is 11.8 Å². The van der Waals surface area contributed by atoms with Gasteiger partial charge in [-0.25, -0.2) is 0 Å². The molecule has 1 heterocycles. The number of ether oxygens (including phenoxy) is 3. The van der Waals surface area contributed by atoms with E-state index < -0.39 is 0 Å². The normalized spacial score (nSPS) is 15.4. The zero-order chi connectivity index (χ0) is 19.5. The highest BCUT2D eigenvalue weighted by molar-refractivity contribution is 6.23. The Morgan fingerprint density at radius 2 is 1.75 bits per heavy atom. The van der Waals surface area contributed by atoms with Gasteiger partial charge in [0.05, 0.1) is 13.7 Å². The molecular weight excluding hydrogens is 354 g/mol. The lowest BCUT2D eigenvalue weighted by Crippen LogP contribution is -2.25. The first-order chi connectivity index (χ1) is 13.7. The van der Waals surface area contributed by atoms with Gasteiger partial charge in [-0.2, -0.15) is 0 Å². The number of benzene rings is 2. The Morgan fingerprint density at radius 1 is 0.964 bits per heavy atom. The van der Waals surface area contributed by atoms with Crippen LogP contribution < -0.4 is 14.2 Å². The molecule has 1 aliphatic heterocycles. The third-order valence-electron chi connectivity index (χ3n) is 5.40. The van der Waals surface area contributed by atoms with Crippen molar-refractivity contribution in [2.45, 2.75) is 26.2 Å². The second kappa shape index (κ2) is 8.23. The van der Waals surface area contributed by atoms with E-state index in [1.54, 1.807) is 7.11 Å². The molecule has 1 aliphatic carbocycles. The fourth-order valence-corrected chi connectivity index (χ4v) is 4.03. The Kier molecular flexibility index (Phi) is 5.53. The molecule has 5 heteroatoms. The molecule has 2 aromatic carbocycles. The van der Waals surface area contributed by atoms with Crippen LogP contribution in [0.3, 0.4) is 0 Å². The zero-order valence-corrected chi connectivity index (χ0v) is 16.6. The monoisotopic (exact) mass is 381 g/mol. The molecule has 148 valence electrons. The number of nitrogens with zero attached hydrogens (tertiary/aromatic N) is 1. The van der Waals surface area contributed by atoms with E-state index in [1.165, 1.54) is 12.8 Å². The van der Waals surface area contributed by atoms with E-state index in [1.807, 2.05) is 30.3 Å². The van der Waals surface area contributed by atoms with Crippen LogP contribution in [0.1, 0.15) is 42.1 Å². The van der Waals surface area contributed by atoms with Crippen molar-refractivity contribution in [3.63, 3.8) is 0 Å². The SMILES string of the molecule is CCCOc1cc(OC)c2c(c1)C(=O)c1cccc(OCCN3CCCC3)c1-2. The maximum Gasteiger partial charge on any atom is 0.194 e. The van der Waals surface area contributed by atoms with Gasteiger partial charge < -0.3 is 14.2 Å². The molecule has 2 aromatic rings. The molecule has 0 N–H and O–H groups in total. The predicted molar refractivity (Wildman–Crippen MR) is 109 cm³/mol. The third kappa shape index (κ3) is 3.47. The van der Waals surface area contributed by atoms with Crippen LogP contribution in [0, 0.1) is 0 Å². The van der Waals surface area contributed by atoms with E-state index in [4.69, 9.17) is 14.2 Å². The molecule has 2 aliphatic rings. The van der Waals surface area contributed by atoms with Gasteiger partial charge in [0.15, 0.2) is 5.78 Å². The average Bonchev–Trinajstić information content (AvgIpc) is 3.33. The quantitative estimate of drug-likeness (QED) is 0.586. The highest BCUT2D eigenvalue weighted by Crippen LogP contribution is 2.48. The fraction of sp³-hybridized carbons (Fsp3) is 0.435. The van der Waals surface area contributed by atoms with Crippen LogP contribution in [0.15, 0.2) is 30.3 Å². The van der Waals surface area contributed by atoms with Crippen molar-refractivity contribution >= 4 is 5.78 Å². The van der Waals surface area contributed by atoms with Crippen molar-refractivity contribution in [2.24, 2.45) is 0 Å². The summed E-state index contributed by atoms with van der Waals surface area (Å²) in [5, 5.41) is 0. The summed E-state index contributed by atoms with van der Waals surface area (Å²) in [7, 11) is 1.62. The summed E-state index contributed by atoms with van der Waals surface area (Å²) in [5.74, 6) is 2.04. The molecule has 0 atom stereocenters. The van der Waals surface area contributed by atoms with Crippen molar-refractivity contribution in [3.05, 3.63) is 41.5 Å². The minimum Gasteiger partial charge on any atom is -0.496 e. The van der Waals surface area contributed by atoms with Gasteiger partial charge in [-0.05, 0) is 44.5 Å². The second-order valence-electron chi connectivity index (χ2n) is 7.30. The molecule has 1 fully saturated rings. The smallest absolute Gasteiger partial charge is 0.194 e. The topological polar surface area (TPSA) is 48.0 Å². The first-order valence-corrected chi connectivity index (χ1v) is 10.1. The lowest BCUT2D eigenvalue weighted by molar-refractivity contribution is 0.104. The number of hydrogen-bond acceptors (Lipinski definition) is 5. The van der Waals surface area contributed by atoms with Crippen LogP contribution >= 0.6 is 0 Å². The Hall–Kier alpha value is -2.53. The number of hydrogen-bond donors (Lipinski definition) is 0. The van der Waals surface area contributed by atoms with Gasteiger partial charge in [0, 0.05) is 34.9 Å². The Balaban J connectivity index is 1.65. The summed E-state index contributed by atoms with van der Waals surface area (Å²) in [6, 6.07) is 9.36. The van der Waals surface area contributed by atoms with Crippen LogP contribution in [-0.4, -0.2) is 50.6 Å². The number of methoxy groups -OCH3 is 1. The Morgan fingerprint density at radius 3 is 2.50 bits per heavy atom. The molecule has 0 aromatic heterocycles. The van der Waals surface area contributed by atoms with Crippen molar-refractivity contribution < 1.29 is 19.0 Å². The van der Waals surface area contributed by atoms with Gasteiger partial charge in [0.1, 0.15) is 23.9 Å². The maximum atomic E-state index is 13.0. The Labute approximate surface area is 166 Å². The molecule has 5 nitrogen and oxygen atoms in total. The van der Waals surface area contributed by atoms with E-state index in [0.717, 1.165) is 42.9 Å². The van der Waals surface area contributed by atoms with E-state index in [9.17, 15) is 4.79 Å². The van der Waals surface area contributed by atoms with Crippen LogP contribution in [0.25, 0.3) is 11.1 Å². The molecule has 4 rings (SSSR count). The van der Waals surface area contributed by atoms with Crippen molar-refractivity contribution in [3.8, 4) is 28.4 Å². The van der Waals surface area contributed by atoms with Crippen LogP contribution in [0.5, 0.6) is 17.2 Å². The molecule has 0 radical (unpaired) electrons. The molecule has 28 heavy (non-hydrogen) atoms. The van der Waals surface area contributed by atoms with Gasteiger partial charge in [-0.15, -0.1) is 0 Å². The van der Waals surface area contributed by atoms with Gasteiger partial charge in [-0.3, -0.25) is 9.69 Å². The summed E-state index contributed by atoms with van der Waals surface area (Å²) >= 11 is 0. The molecule has 0 amide bonds. The van der Waals surface area contributed by atoms with Crippen molar-refractivity contribution in [2.75, 3.05) is 40.0 Å². The van der Waals surface area contributed by atoms with E-state index in [-0.39, 0.29) is 5.78 Å². The lowest BCUT2D eigenvalue weighted by atomic mass is 10.0. The summed E-state index contributed by atoms with van der Waals surface area (Å²) in [5.41, 5.74) is 2.93. The molecular formula is C23H27NO4. The minimum atomic E-state index is -0.00441. The number of carbonyl (C=O) groups is 1. The highest BCUT2D eigenvalue weighted by atomic mass is 16.5. The summed E-state index contributed by atoms with van der Waals surface area (Å²) in [6.07, 6.45) is 3.44. The van der Waals surface area contributed by atoms with Gasteiger partial charge >= 0.3 is 0 Å². The summed E-state index contributed by atoms with van der Waals surface area (Å²) in [6.45, 7) is 6.47. The predicted octanol–water partition coefficient (Wildman–Crippen LogP) is 4.17. The largest absolute Gasteiger partial charge is 0.496 e. The molecule has 0 spiro atoms. The van der Waals surface area contributed by atoms with Crippen LogP contribution in [-0.2, 0) is 0 Å². The second-order valence-corrected chi connectivity index (χ2v) is 7.30. The van der Waals surface area contributed by atoms with Gasteiger partial charge in [0.2, 0.25) is 0 Å². The molecule has 1 saturated heterocycles. The standard InChI is InChI=1S/C23H27NO4/c1-3-12-27-16-14-18-22(20(15-16)26-2)21-17(23(18)25)7-6-8-19(21)28-13-11-24-9-4-5-10-24/h6-8,14-15H,3-5,9-13H2,1-2H3. The van der Waals surface area contributed by atoms with E-state index in [0.29, 0.717) is 35.8 Å². The first kappa shape index (κ1) is 18.8. The number of likely N-dealkylation sites (tertiary alicyclic amines) is 1. The summed E-state index contributed by atoms with van der Waals surface area (Å²) in [4.78, 5) is 15.5. The minimum absolute atomic E-state index is 0.00441. The molecule has 0 unspecified atom stereocenters. The van der Waals surface area contributed by atoms with Crippen molar-refractivity contribution in [1.82, 2.24) is 4.90 Å². The number of ketones is 1. The Bertz CT molecular complexity index is 871. The molecule has 0 bridgehead atoms. The molecule has 0 saturated carbocycles. The maximum absolute atomic E-state index is 13.0. The number of rotatable bonds is 8. The third-order valence-corrected chi connectivity index (χ3v) is 5.40. The lowest BCUT2D eigenvalue weighted by Gasteiger charge is -2.17. The van der Waals surface area contributed by atoms with Gasteiger partial charge in [0.25, 0.3) is 0 Å². The number of carbonyl (C=O) groups excluding carboxylic acids is 1. The fourth-order valence-electron chi connectivity index (χ4n) is 4.03. The average molecular weight is 381 g/mol. The van der Waals surface area contributed by atoms with Crippen molar-refractivity contribution in [1.29, 1.82) is 0 Å². The summed E-state index contributed by atoms with van der Waals surface area (Å²) < 4.78 is 17.5. The number of fused-ring (bicyclic) bond motifs is 3. The van der Waals surface area contributed by atoms with Gasteiger partial charge in [-0.1, -0.05) is 19.1 Å². The van der Waals surface area contributed by atoms with E-state index >= 15 is 0 Å². The zero-order valence-electron chi connectivity index (χ0n) is 16.6. The highest BCUT2D eigenvalue weighted by Gasteiger charge is 2.33. The van der Waals surface area contributed by atoms with Crippen LogP contribution in [0.4, 0.5) is 0 Å². The van der Waals surface area contributed by atoms with Crippen LogP contribution in [0.2, 0.25) is 0 Å². The first-order valence-electron chi connectivity index (χ1n) is 10.1.